The van der Waals surface area contributed by atoms with Gasteiger partial charge in [0.15, 0.2) is 0 Å². The van der Waals surface area contributed by atoms with Crippen LogP contribution in [0.4, 0.5) is 5.69 Å². The van der Waals surface area contributed by atoms with E-state index in [0.29, 0.717) is 0 Å². The molecule has 0 saturated heterocycles. The molecule has 1 nitrogen and oxygen atoms in total. The Morgan fingerprint density at radius 2 is 1.85 bits per heavy atom. The molecule has 0 aromatic heterocycles. The highest BCUT2D eigenvalue weighted by Crippen LogP contribution is 2.27. The predicted octanol–water partition coefficient (Wildman–Crippen LogP) is 4.70. The van der Waals surface area contributed by atoms with Gasteiger partial charge in [0.2, 0.25) is 0 Å². The number of nitrogens with zero attached hydrogens (tertiary/aromatic N) is 1. The maximum Gasteiger partial charge on any atom is 0.0369 e. The minimum Gasteiger partial charge on any atom is -0.367 e. The fourth-order valence-corrected chi connectivity index (χ4v) is 3.09. The second-order valence-electron chi connectivity index (χ2n) is 4.99. The summed E-state index contributed by atoms with van der Waals surface area (Å²) >= 11 is 1.81. The molecule has 0 spiro atoms. The molecule has 0 radical (unpaired) electrons. The van der Waals surface area contributed by atoms with Crippen LogP contribution < -0.4 is 4.90 Å². The van der Waals surface area contributed by atoms with Gasteiger partial charge in [-0.2, -0.15) is 0 Å². The molecule has 3 rings (SSSR count). The highest BCUT2D eigenvalue weighted by molar-refractivity contribution is 7.98. The largest absolute Gasteiger partial charge is 0.367 e. The van der Waals surface area contributed by atoms with E-state index in [1.54, 1.807) is 11.8 Å². The van der Waals surface area contributed by atoms with Crippen molar-refractivity contribution < 1.29 is 0 Å². The molecule has 0 fully saturated rings. The molecule has 0 N–H and O–H groups in total. The molecule has 0 aliphatic carbocycles. The van der Waals surface area contributed by atoms with Gasteiger partial charge in [-0.05, 0) is 48.1 Å². The van der Waals surface area contributed by atoms with Crippen LogP contribution in [-0.2, 0) is 0 Å². The summed E-state index contributed by atoms with van der Waals surface area (Å²) in [6, 6.07) is 19.5. The Labute approximate surface area is 125 Å². The average Bonchev–Trinajstić information content (AvgIpc) is 2.56. The van der Waals surface area contributed by atoms with Crippen molar-refractivity contribution in [2.24, 2.45) is 0 Å². The lowest BCUT2D eigenvalue weighted by atomic mass is 9.99. The topological polar surface area (TPSA) is 3.24 Å². The van der Waals surface area contributed by atoms with Crippen LogP contribution in [0.2, 0.25) is 0 Å². The normalized spacial score (nSPS) is 15.1. The zero-order chi connectivity index (χ0) is 13.8. The Morgan fingerprint density at radius 1 is 1.00 bits per heavy atom. The van der Waals surface area contributed by atoms with Crippen LogP contribution in [0, 0.1) is 0 Å². The highest BCUT2D eigenvalue weighted by atomic mass is 32.2. The second kappa shape index (κ2) is 6.19. The Balaban J connectivity index is 1.76. The van der Waals surface area contributed by atoms with Crippen molar-refractivity contribution >= 4 is 23.0 Å². The van der Waals surface area contributed by atoms with Crippen LogP contribution in [-0.4, -0.2) is 19.3 Å². The summed E-state index contributed by atoms with van der Waals surface area (Å²) < 4.78 is 0. The van der Waals surface area contributed by atoms with Crippen molar-refractivity contribution in [2.45, 2.75) is 11.3 Å². The molecule has 2 aromatic rings. The maximum atomic E-state index is 2.43. The van der Waals surface area contributed by atoms with Crippen LogP contribution in [0.3, 0.4) is 0 Å². The molecule has 0 bridgehead atoms. The van der Waals surface area contributed by atoms with E-state index in [1.807, 2.05) is 0 Å². The Morgan fingerprint density at radius 3 is 2.55 bits per heavy atom. The summed E-state index contributed by atoms with van der Waals surface area (Å²) in [5.74, 6) is 0. The molecule has 20 heavy (non-hydrogen) atoms. The van der Waals surface area contributed by atoms with Crippen molar-refractivity contribution in [2.75, 3.05) is 24.2 Å². The lowest BCUT2D eigenvalue weighted by Gasteiger charge is -2.28. The van der Waals surface area contributed by atoms with Gasteiger partial charge >= 0.3 is 0 Å². The number of benzene rings is 2. The first-order chi connectivity index (χ1) is 9.86. The zero-order valence-corrected chi connectivity index (χ0v) is 12.6. The first kappa shape index (κ1) is 13.3. The summed E-state index contributed by atoms with van der Waals surface area (Å²) in [5, 5.41) is 0. The van der Waals surface area contributed by atoms with Crippen molar-refractivity contribution in [1.29, 1.82) is 0 Å². The van der Waals surface area contributed by atoms with Crippen molar-refractivity contribution in [3.63, 3.8) is 0 Å². The highest BCUT2D eigenvalue weighted by Gasteiger charge is 2.13. The average molecular weight is 281 g/mol. The summed E-state index contributed by atoms with van der Waals surface area (Å²) in [6.45, 7) is 2.10. The number of thioether (sulfide) groups is 1. The molecule has 0 atom stereocenters. The van der Waals surface area contributed by atoms with Crippen molar-refractivity contribution in [1.82, 2.24) is 0 Å². The number of rotatable bonds is 3. The fraction of sp³-hybridized carbons (Fsp3) is 0.222. The minimum absolute atomic E-state index is 1.00. The van der Waals surface area contributed by atoms with E-state index >= 15 is 0 Å². The monoisotopic (exact) mass is 281 g/mol. The van der Waals surface area contributed by atoms with Gasteiger partial charge in [0.25, 0.3) is 0 Å². The number of hydrogen-bond donors (Lipinski definition) is 0. The summed E-state index contributed by atoms with van der Waals surface area (Å²) in [7, 11) is 0. The van der Waals surface area contributed by atoms with E-state index in [0.717, 1.165) is 19.5 Å². The molecule has 2 heteroatoms. The van der Waals surface area contributed by atoms with Gasteiger partial charge in [-0.15, -0.1) is 11.8 Å². The van der Waals surface area contributed by atoms with Crippen molar-refractivity contribution in [3.05, 3.63) is 66.2 Å². The summed E-state index contributed by atoms with van der Waals surface area (Å²) in [4.78, 5) is 3.77. The predicted molar refractivity (Wildman–Crippen MR) is 89.5 cm³/mol. The lowest BCUT2D eigenvalue weighted by Crippen LogP contribution is -2.28. The summed E-state index contributed by atoms with van der Waals surface area (Å²) in [5.41, 5.74) is 4.18. The molecule has 102 valence electrons. The first-order valence-electron chi connectivity index (χ1n) is 7.00. The third-order valence-electron chi connectivity index (χ3n) is 3.77. The number of para-hydroxylation sites is 1. The Bertz CT molecular complexity index is 604. The third-order valence-corrected chi connectivity index (χ3v) is 4.50. The maximum absolute atomic E-state index is 2.43. The molecule has 1 heterocycles. The van der Waals surface area contributed by atoms with Gasteiger partial charge in [-0.25, -0.2) is 0 Å². The fourth-order valence-electron chi connectivity index (χ4n) is 2.63. The SMILES string of the molecule is CSc1cccc(C2=CCN(c3ccccc3)CC2)c1. The first-order valence-corrected chi connectivity index (χ1v) is 8.23. The minimum atomic E-state index is 1.00. The lowest BCUT2D eigenvalue weighted by molar-refractivity contribution is 0.832. The Kier molecular flexibility index (Phi) is 4.12. The Hall–Kier alpha value is -1.67. The van der Waals surface area contributed by atoms with Crippen molar-refractivity contribution in [3.8, 4) is 0 Å². The van der Waals surface area contributed by atoms with Crippen LogP contribution in [0.25, 0.3) is 5.57 Å². The molecule has 2 aromatic carbocycles. The number of hydrogen-bond acceptors (Lipinski definition) is 2. The van der Waals surface area contributed by atoms with Gasteiger partial charge < -0.3 is 4.90 Å². The van der Waals surface area contributed by atoms with Crippen LogP contribution >= 0.6 is 11.8 Å². The van der Waals surface area contributed by atoms with E-state index < -0.39 is 0 Å². The van der Waals surface area contributed by atoms with Gasteiger partial charge in [-0.3, -0.25) is 0 Å². The standard InChI is InChI=1S/C18H19NS/c1-20-18-9-5-6-16(14-18)15-10-12-19(13-11-15)17-7-3-2-4-8-17/h2-10,14H,11-13H2,1H3. The summed E-state index contributed by atoms with van der Waals surface area (Å²) in [6.07, 6.45) is 5.62. The molecular formula is C18H19NS. The van der Waals surface area contributed by atoms with Crippen LogP contribution in [0.15, 0.2) is 65.6 Å². The molecule has 1 aliphatic rings. The van der Waals surface area contributed by atoms with E-state index in [9.17, 15) is 0 Å². The zero-order valence-electron chi connectivity index (χ0n) is 11.8. The van der Waals surface area contributed by atoms with Gasteiger partial charge in [-0.1, -0.05) is 36.4 Å². The van der Waals surface area contributed by atoms with Gasteiger partial charge in [0, 0.05) is 23.7 Å². The van der Waals surface area contributed by atoms with Gasteiger partial charge in [0.05, 0.1) is 0 Å². The van der Waals surface area contributed by atoms with Crippen LogP contribution in [0.1, 0.15) is 12.0 Å². The van der Waals surface area contributed by atoms with E-state index in [4.69, 9.17) is 0 Å². The molecule has 1 aliphatic heterocycles. The molecular weight excluding hydrogens is 262 g/mol. The van der Waals surface area contributed by atoms with Crippen LogP contribution in [0.5, 0.6) is 0 Å². The number of anilines is 1. The van der Waals surface area contributed by atoms with E-state index in [1.165, 1.54) is 21.7 Å². The second-order valence-corrected chi connectivity index (χ2v) is 5.87. The molecule has 0 saturated carbocycles. The molecule has 0 unspecified atom stereocenters. The molecule has 0 amide bonds. The van der Waals surface area contributed by atoms with E-state index in [2.05, 4.69) is 71.8 Å². The third kappa shape index (κ3) is 2.91. The van der Waals surface area contributed by atoms with Gasteiger partial charge in [0.1, 0.15) is 0 Å². The smallest absolute Gasteiger partial charge is 0.0369 e. The quantitative estimate of drug-likeness (QED) is 0.750. The van der Waals surface area contributed by atoms with E-state index in [-0.39, 0.29) is 0 Å².